The molecule has 0 amide bonds. The number of likely N-dealkylation sites (N-methyl/N-ethyl adjacent to an activating group) is 1. The first-order chi connectivity index (χ1) is 13.1. The summed E-state index contributed by atoms with van der Waals surface area (Å²) in [5.74, 6) is 2.93. The molecule has 0 saturated carbocycles. The molecule has 1 aliphatic rings. The number of hydrogen-bond acceptors (Lipinski definition) is 7. The Kier molecular flexibility index (Phi) is 5.09. The first-order valence-electron chi connectivity index (χ1n) is 9.47. The third kappa shape index (κ3) is 3.81. The number of nitrogens with zero attached hydrogens (tertiary/aromatic N) is 5. The van der Waals surface area contributed by atoms with Crippen molar-refractivity contribution in [2.45, 2.75) is 31.8 Å². The number of aromatic nitrogens is 4. The summed E-state index contributed by atoms with van der Waals surface area (Å²) in [7, 11) is 4.19. The summed E-state index contributed by atoms with van der Waals surface area (Å²) in [5.41, 5.74) is 1.65. The van der Waals surface area contributed by atoms with Crippen LogP contribution < -0.4 is 10.2 Å². The molecule has 1 atom stereocenters. The molecule has 4 rings (SSSR count). The maximum absolute atomic E-state index is 5.84. The highest BCUT2D eigenvalue weighted by Crippen LogP contribution is 2.24. The van der Waals surface area contributed by atoms with Crippen LogP contribution in [0.15, 0.2) is 29.2 Å². The van der Waals surface area contributed by atoms with E-state index in [0.717, 1.165) is 61.0 Å². The topological polar surface area (TPSA) is 86.1 Å². The third-order valence-corrected chi connectivity index (χ3v) is 5.31. The minimum Gasteiger partial charge on any atom is -0.465 e. The molecule has 2 N–H and O–H groups in total. The fourth-order valence-electron chi connectivity index (χ4n) is 3.74. The van der Waals surface area contributed by atoms with Crippen molar-refractivity contribution < 1.29 is 4.42 Å². The predicted octanol–water partition coefficient (Wildman–Crippen LogP) is 2.12. The largest absolute Gasteiger partial charge is 0.465 e. The summed E-state index contributed by atoms with van der Waals surface area (Å²) < 4.78 is 5.84. The Bertz CT molecular complexity index is 879. The Morgan fingerprint density at radius 1 is 1.26 bits per heavy atom. The lowest BCUT2D eigenvalue weighted by molar-refractivity contribution is 0.236. The van der Waals surface area contributed by atoms with Gasteiger partial charge >= 0.3 is 0 Å². The van der Waals surface area contributed by atoms with Gasteiger partial charge in [-0.05, 0) is 46.0 Å². The normalized spacial score (nSPS) is 17.1. The molecule has 27 heavy (non-hydrogen) atoms. The number of imidazole rings is 1. The van der Waals surface area contributed by atoms with E-state index in [1.54, 1.807) is 12.7 Å². The molecular formula is C19H27N7O. The highest BCUT2D eigenvalue weighted by molar-refractivity contribution is 5.82. The van der Waals surface area contributed by atoms with E-state index in [4.69, 9.17) is 4.42 Å². The number of fused-ring (bicyclic) bond motifs is 1. The van der Waals surface area contributed by atoms with Gasteiger partial charge in [0.1, 0.15) is 23.4 Å². The van der Waals surface area contributed by atoms with Crippen LogP contribution in [0.1, 0.15) is 30.4 Å². The lowest BCUT2D eigenvalue weighted by atomic mass is 10.0. The van der Waals surface area contributed by atoms with Gasteiger partial charge in [0.25, 0.3) is 0 Å². The summed E-state index contributed by atoms with van der Waals surface area (Å²) in [6, 6.07) is 4.85. The van der Waals surface area contributed by atoms with E-state index >= 15 is 0 Å². The van der Waals surface area contributed by atoms with Crippen LogP contribution in [0.4, 0.5) is 5.82 Å². The minimum atomic E-state index is 0.239. The zero-order valence-electron chi connectivity index (χ0n) is 16.1. The third-order valence-electron chi connectivity index (χ3n) is 5.31. The lowest BCUT2D eigenvalue weighted by Crippen LogP contribution is -2.45. The Hall–Kier alpha value is -2.45. The smallest absolute Gasteiger partial charge is 0.182 e. The van der Waals surface area contributed by atoms with Gasteiger partial charge in [0.15, 0.2) is 11.5 Å². The molecule has 0 radical (unpaired) electrons. The zero-order valence-corrected chi connectivity index (χ0v) is 16.1. The number of nitrogens with one attached hydrogen (secondary N) is 2. The molecule has 3 aromatic heterocycles. The highest BCUT2D eigenvalue weighted by Gasteiger charge is 2.24. The van der Waals surface area contributed by atoms with E-state index < -0.39 is 0 Å². The second-order valence-corrected chi connectivity index (χ2v) is 7.40. The van der Waals surface area contributed by atoms with Crippen LogP contribution in [0, 0.1) is 6.92 Å². The van der Waals surface area contributed by atoms with Gasteiger partial charge in [-0.25, -0.2) is 15.0 Å². The standard InChI is InChI=1S/C19H27N7O/c1-13-4-5-16(27-13)15(25(2)3)10-20-14-6-8-26(9-7-14)19-17-18(22-11-21-17)23-12-24-19/h4-5,11-12,14-15,20H,6-10H2,1-3H3,(H,21,22,23,24)/t15-/m0/s1. The van der Waals surface area contributed by atoms with Crippen LogP contribution in [0.3, 0.4) is 0 Å². The van der Waals surface area contributed by atoms with Gasteiger partial charge in [0.05, 0.1) is 12.4 Å². The van der Waals surface area contributed by atoms with E-state index in [1.165, 1.54) is 0 Å². The fourth-order valence-corrected chi connectivity index (χ4v) is 3.74. The Balaban J connectivity index is 1.35. The van der Waals surface area contributed by atoms with Crippen LogP contribution in [0.25, 0.3) is 11.2 Å². The maximum atomic E-state index is 5.84. The van der Waals surface area contributed by atoms with E-state index in [2.05, 4.69) is 55.2 Å². The van der Waals surface area contributed by atoms with Crippen LogP contribution in [-0.2, 0) is 0 Å². The molecule has 0 bridgehead atoms. The van der Waals surface area contributed by atoms with E-state index in [1.807, 2.05) is 13.0 Å². The predicted molar refractivity (Wildman–Crippen MR) is 105 cm³/mol. The average molecular weight is 369 g/mol. The van der Waals surface area contributed by atoms with Crippen molar-refractivity contribution in [3.05, 3.63) is 36.3 Å². The second kappa shape index (κ2) is 7.66. The van der Waals surface area contributed by atoms with Crippen LogP contribution >= 0.6 is 0 Å². The van der Waals surface area contributed by atoms with E-state index in [0.29, 0.717) is 6.04 Å². The molecule has 0 aromatic carbocycles. The SMILES string of the molecule is Cc1ccc([C@H](CNC2CCN(c3ncnc4nc[nH]c34)CC2)N(C)C)o1. The highest BCUT2D eigenvalue weighted by atomic mass is 16.3. The molecule has 144 valence electrons. The van der Waals surface area contributed by atoms with Gasteiger partial charge in [-0.3, -0.25) is 4.90 Å². The monoisotopic (exact) mass is 369 g/mol. The van der Waals surface area contributed by atoms with Crippen molar-refractivity contribution in [2.24, 2.45) is 0 Å². The molecule has 1 saturated heterocycles. The van der Waals surface area contributed by atoms with Crippen molar-refractivity contribution in [2.75, 3.05) is 38.6 Å². The Morgan fingerprint density at radius 2 is 2.07 bits per heavy atom. The number of hydrogen-bond donors (Lipinski definition) is 2. The van der Waals surface area contributed by atoms with Crippen molar-refractivity contribution in [1.29, 1.82) is 0 Å². The molecular weight excluding hydrogens is 342 g/mol. The van der Waals surface area contributed by atoms with Gasteiger partial charge in [0.2, 0.25) is 0 Å². The number of furan rings is 1. The summed E-state index contributed by atoms with van der Waals surface area (Å²) in [4.78, 5) is 20.6. The molecule has 1 fully saturated rings. The van der Waals surface area contributed by atoms with Crippen molar-refractivity contribution in [1.82, 2.24) is 30.2 Å². The molecule has 4 heterocycles. The molecule has 0 unspecified atom stereocenters. The molecule has 1 aliphatic heterocycles. The number of anilines is 1. The Morgan fingerprint density at radius 3 is 2.78 bits per heavy atom. The van der Waals surface area contributed by atoms with Crippen molar-refractivity contribution in [3.63, 3.8) is 0 Å². The maximum Gasteiger partial charge on any atom is 0.182 e. The van der Waals surface area contributed by atoms with Gasteiger partial charge in [0, 0.05) is 25.7 Å². The molecule has 8 nitrogen and oxygen atoms in total. The van der Waals surface area contributed by atoms with E-state index in [9.17, 15) is 0 Å². The van der Waals surface area contributed by atoms with E-state index in [-0.39, 0.29) is 6.04 Å². The first-order valence-corrected chi connectivity index (χ1v) is 9.47. The van der Waals surface area contributed by atoms with Gasteiger partial charge in [-0.2, -0.15) is 0 Å². The number of aryl methyl sites for hydroxylation is 1. The fraction of sp³-hybridized carbons (Fsp3) is 0.526. The first kappa shape index (κ1) is 17.9. The van der Waals surface area contributed by atoms with Crippen LogP contribution in [0.2, 0.25) is 0 Å². The summed E-state index contributed by atoms with van der Waals surface area (Å²) in [6.45, 7) is 4.80. The molecule has 8 heteroatoms. The van der Waals surface area contributed by atoms with Crippen molar-refractivity contribution >= 4 is 17.0 Å². The summed E-state index contributed by atoms with van der Waals surface area (Å²) in [6.07, 6.45) is 5.43. The quantitative estimate of drug-likeness (QED) is 0.688. The Labute approximate surface area is 159 Å². The molecule has 0 spiro atoms. The van der Waals surface area contributed by atoms with Crippen molar-refractivity contribution in [3.8, 4) is 0 Å². The minimum absolute atomic E-state index is 0.239. The number of H-pyrrole nitrogens is 1. The van der Waals surface area contributed by atoms with Crippen LogP contribution in [-0.4, -0.2) is 64.6 Å². The molecule has 3 aromatic rings. The zero-order chi connectivity index (χ0) is 18.8. The number of rotatable bonds is 6. The summed E-state index contributed by atoms with van der Waals surface area (Å²) >= 11 is 0. The van der Waals surface area contributed by atoms with Gasteiger partial charge in [-0.1, -0.05) is 0 Å². The second-order valence-electron chi connectivity index (χ2n) is 7.40. The molecule has 0 aliphatic carbocycles. The van der Waals surface area contributed by atoms with Crippen LogP contribution in [0.5, 0.6) is 0 Å². The average Bonchev–Trinajstić information content (AvgIpc) is 3.31. The lowest BCUT2D eigenvalue weighted by Gasteiger charge is -2.34. The van der Waals surface area contributed by atoms with Gasteiger partial charge < -0.3 is 19.6 Å². The number of aromatic amines is 1. The summed E-state index contributed by atoms with van der Waals surface area (Å²) in [5, 5.41) is 3.73. The number of piperidine rings is 1. The van der Waals surface area contributed by atoms with Gasteiger partial charge in [-0.15, -0.1) is 0 Å².